The first-order valence-corrected chi connectivity index (χ1v) is 7.30. The first kappa shape index (κ1) is 15.4. The molecule has 0 amide bonds. The van der Waals surface area contributed by atoms with E-state index in [-0.39, 0.29) is 6.04 Å². The number of phenols is 1. The molecule has 112 valence electrons. The van der Waals surface area contributed by atoms with E-state index in [9.17, 15) is 5.11 Å². The number of nitrogens with one attached hydrogen (secondary N) is 1. The van der Waals surface area contributed by atoms with E-state index in [1.165, 1.54) is 0 Å². The molecule has 1 atom stereocenters. The van der Waals surface area contributed by atoms with Gasteiger partial charge in [0.1, 0.15) is 11.5 Å². The number of hydrogen-bond donors (Lipinski definition) is 2. The lowest BCUT2D eigenvalue weighted by Gasteiger charge is -2.20. The molecule has 0 aliphatic rings. The van der Waals surface area contributed by atoms with E-state index in [1.807, 2.05) is 37.3 Å². The maximum Gasteiger partial charge on any atom is 0.123 e. The lowest BCUT2D eigenvalue weighted by molar-refractivity contribution is 0.395. The highest BCUT2D eigenvalue weighted by Crippen LogP contribution is 2.28. The van der Waals surface area contributed by atoms with Crippen LogP contribution in [0.4, 0.5) is 0 Å². The molecule has 3 nitrogen and oxygen atoms in total. The average molecular weight is 285 g/mol. The zero-order chi connectivity index (χ0) is 15.2. The van der Waals surface area contributed by atoms with E-state index < -0.39 is 0 Å². The van der Waals surface area contributed by atoms with E-state index in [2.05, 4.69) is 18.3 Å². The Hall–Kier alpha value is -2.00. The van der Waals surface area contributed by atoms with Crippen LogP contribution in [0.15, 0.2) is 42.5 Å². The van der Waals surface area contributed by atoms with Crippen molar-refractivity contribution in [3.8, 4) is 11.5 Å². The summed E-state index contributed by atoms with van der Waals surface area (Å²) < 4.78 is 5.43. The van der Waals surface area contributed by atoms with Crippen molar-refractivity contribution in [1.82, 2.24) is 5.32 Å². The van der Waals surface area contributed by atoms with Crippen molar-refractivity contribution < 1.29 is 9.84 Å². The molecule has 1 unspecified atom stereocenters. The fourth-order valence-corrected chi connectivity index (χ4v) is 2.52. The zero-order valence-electron chi connectivity index (χ0n) is 12.9. The van der Waals surface area contributed by atoms with Crippen LogP contribution in [0.1, 0.15) is 36.1 Å². The molecule has 3 heteroatoms. The van der Waals surface area contributed by atoms with Crippen molar-refractivity contribution in [3.05, 3.63) is 59.2 Å². The van der Waals surface area contributed by atoms with Crippen LogP contribution in [0.5, 0.6) is 11.5 Å². The first-order chi connectivity index (χ1) is 10.2. The SMILES string of the molecule is CCC(NCc1cc(C)ccc1O)c1ccccc1OC. The summed E-state index contributed by atoms with van der Waals surface area (Å²) in [6.07, 6.45) is 0.951. The second kappa shape index (κ2) is 7.14. The van der Waals surface area contributed by atoms with Gasteiger partial charge in [0.05, 0.1) is 7.11 Å². The lowest BCUT2D eigenvalue weighted by Crippen LogP contribution is -2.21. The van der Waals surface area contributed by atoms with Crippen molar-refractivity contribution in [2.24, 2.45) is 0 Å². The van der Waals surface area contributed by atoms with Gasteiger partial charge in [0.2, 0.25) is 0 Å². The number of phenolic OH excluding ortho intramolecular Hbond substituents is 1. The van der Waals surface area contributed by atoms with E-state index in [0.717, 1.165) is 28.9 Å². The van der Waals surface area contributed by atoms with Gasteiger partial charge in [0.25, 0.3) is 0 Å². The van der Waals surface area contributed by atoms with Gasteiger partial charge in [-0.25, -0.2) is 0 Å². The van der Waals surface area contributed by atoms with Crippen molar-refractivity contribution in [2.45, 2.75) is 32.9 Å². The molecule has 0 spiro atoms. The molecule has 21 heavy (non-hydrogen) atoms. The minimum Gasteiger partial charge on any atom is -0.508 e. The summed E-state index contributed by atoms with van der Waals surface area (Å²) in [5.74, 6) is 1.23. The second-order valence-corrected chi connectivity index (χ2v) is 5.22. The maximum absolute atomic E-state index is 9.93. The Balaban J connectivity index is 2.14. The molecule has 0 radical (unpaired) electrons. The third-order valence-corrected chi connectivity index (χ3v) is 3.70. The molecule has 0 saturated carbocycles. The Bertz CT molecular complexity index is 596. The third-order valence-electron chi connectivity index (χ3n) is 3.70. The van der Waals surface area contributed by atoms with Gasteiger partial charge in [0.15, 0.2) is 0 Å². The van der Waals surface area contributed by atoms with E-state index in [0.29, 0.717) is 12.3 Å². The Morgan fingerprint density at radius 3 is 2.67 bits per heavy atom. The quantitative estimate of drug-likeness (QED) is 0.844. The monoisotopic (exact) mass is 285 g/mol. The van der Waals surface area contributed by atoms with E-state index >= 15 is 0 Å². The highest BCUT2D eigenvalue weighted by molar-refractivity contribution is 5.37. The highest BCUT2D eigenvalue weighted by atomic mass is 16.5. The van der Waals surface area contributed by atoms with Crippen LogP contribution in [0, 0.1) is 6.92 Å². The largest absolute Gasteiger partial charge is 0.508 e. The molecule has 2 aromatic carbocycles. The Labute approximate surface area is 126 Å². The van der Waals surface area contributed by atoms with Gasteiger partial charge in [-0.2, -0.15) is 0 Å². The van der Waals surface area contributed by atoms with Gasteiger partial charge in [-0.1, -0.05) is 42.8 Å². The molecular formula is C18H23NO2. The maximum atomic E-state index is 9.93. The van der Waals surface area contributed by atoms with Gasteiger partial charge in [-0.05, 0) is 25.5 Å². The smallest absolute Gasteiger partial charge is 0.123 e. The predicted molar refractivity (Wildman–Crippen MR) is 85.7 cm³/mol. The van der Waals surface area contributed by atoms with Crippen LogP contribution in [0.25, 0.3) is 0 Å². The lowest BCUT2D eigenvalue weighted by atomic mass is 10.0. The van der Waals surface area contributed by atoms with E-state index in [1.54, 1.807) is 13.2 Å². The molecule has 0 aliphatic carbocycles. The average Bonchev–Trinajstić information content (AvgIpc) is 2.51. The summed E-state index contributed by atoms with van der Waals surface area (Å²) in [5.41, 5.74) is 3.22. The number of hydrogen-bond acceptors (Lipinski definition) is 3. The number of benzene rings is 2. The van der Waals surface area contributed by atoms with Crippen LogP contribution in [0.3, 0.4) is 0 Å². The van der Waals surface area contributed by atoms with Crippen LogP contribution >= 0.6 is 0 Å². The molecule has 2 aromatic rings. The Morgan fingerprint density at radius 1 is 1.19 bits per heavy atom. The van der Waals surface area contributed by atoms with Crippen molar-refractivity contribution in [1.29, 1.82) is 0 Å². The van der Waals surface area contributed by atoms with Gasteiger partial charge in [-0.3, -0.25) is 0 Å². The molecular weight excluding hydrogens is 262 g/mol. The molecule has 2 N–H and O–H groups in total. The minimum atomic E-state index is 0.195. The summed E-state index contributed by atoms with van der Waals surface area (Å²) in [7, 11) is 1.69. The Kier molecular flexibility index (Phi) is 5.23. The van der Waals surface area contributed by atoms with Crippen molar-refractivity contribution in [3.63, 3.8) is 0 Å². The molecule has 0 fully saturated rings. The number of para-hydroxylation sites is 1. The van der Waals surface area contributed by atoms with Crippen molar-refractivity contribution in [2.75, 3.05) is 7.11 Å². The van der Waals surface area contributed by atoms with Crippen LogP contribution < -0.4 is 10.1 Å². The fraction of sp³-hybridized carbons (Fsp3) is 0.333. The van der Waals surface area contributed by atoms with Crippen molar-refractivity contribution >= 4 is 0 Å². The molecule has 0 aromatic heterocycles. The number of methoxy groups -OCH3 is 1. The van der Waals surface area contributed by atoms with Gasteiger partial charge >= 0.3 is 0 Å². The Morgan fingerprint density at radius 2 is 1.95 bits per heavy atom. The normalized spacial score (nSPS) is 12.1. The zero-order valence-corrected chi connectivity index (χ0v) is 12.9. The summed E-state index contributed by atoms with van der Waals surface area (Å²) in [6, 6.07) is 13.9. The summed E-state index contributed by atoms with van der Waals surface area (Å²) in [5, 5.41) is 13.4. The molecule has 0 bridgehead atoms. The predicted octanol–water partition coefficient (Wildman–Crippen LogP) is 3.95. The first-order valence-electron chi connectivity index (χ1n) is 7.30. The second-order valence-electron chi connectivity index (χ2n) is 5.22. The topological polar surface area (TPSA) is 41.5 Å². The molecule has 0 heterocycles. The van der Waals surface area contributed by atoms with Gasteiger partial charge < -0.3 is 15.2 Å². The standard InChI is InChI=1S/C18H23NO2/c1-4-16(15-7-5-6-8-18(15)21-3)19-12-14-11-13(2)9-10-17(14)20/h5-11,16,19-20H,4,12H2,1-3H3. The van der Waals surface area contributed by atoms with Crippen LogP contribution in [0.2, 0.25) is 0 Å². The third kappa shape index (κ3) is 3.76. The van der Waals surface area contributed by atoms with Gasteiger partial charge in [-0.15, -0.1) is 0 Å². The minimum absolute atomic E-state index is 0.195. The van der Waals surface area contributed by atoms with Crippen LogP contribution in [-0.4, -0.2) is 12.2 Å². The molecule has 2 rings (SSSR count). The van der Waals surface area contributed by atoms with Crippen LogP contribution in [-0.2, 0) is 6.54 Å². The number of rotatable bonds is 6. The highest BCUT2D eigenvalue weighted by Gasteiger charge is 2.14. The number of ether oxygens (including phenoxy) is 1. The summed E-state index contributed by atoms with van der Waals surface area (Å²) in [4.78, 5) is 0. The number of aryl methyl sites for hydroxylation is 1. The molecule has 0 aliphatic heterocycles. The summed E-state index contributed by atoms with van der Waals surface area (Å²) in [6.45, 7) is 4.80. The summed E-state index contributed by atoms with van der Waals surface area (Å²) >= 11 is 0. The fourth-order valence-electron chi connectivity index (χ4n) is 2.52. The van der Waals surface area contributed by atoms with E-state index in [4.69, 9.17) is 4.74 Å². The van der Waals surface area contributed by atoms with Gasteiger partial charge in [0, 0.05) is 23.7 Å². The number of aromatic hydroxyl groups is 1. The molecule has 0 saturated heterocycles.